The molecular formula is C22H22FN3O5S2. The third kappa shape index (κ3) is 6.53. The van der Waals surface area contributed by atoms with Gasteiger partial charge >= 0.3 is 0 Å². The molecule has 0 heterocycles. The zero-order valence-electron chi connectivity index (χ0n) is 17.6. The number of halogens is 1. The van der Waals surface area contributed by atoms with Crippen LogP contribution in [-0.4, -0.2) is 28.5 Å². The zero-order valence-corrected chi connectivity index (χ0v) is 19.2. The molecule has 174 valence electrons. The predicted octanol–water partition coefficient (Wildman–Crippen LogP) is 4.03. The van der Waals surface area contributed by atoms with E-state index in [2.05, 4.69) is 14.8 Å². The van der Waals surface area contributed by atoms with Gasteiger partial charge in [-0.05, 0) is 61.0 Å². The van der Waals surface area contributed by atoms with E-state index in [-0.39, 0.29) is 21.9 Å². The van der Waals surface area contributed by atoms with Gasteiger partial charge in [0.25, 0.3) is 15.9 Å². The summed E-state index contributed by atoms with van der Waals surface area (Å²) >= 11 is 0. The van der Waals surface area contributed by atoms with Crippen molar-refractivity contribution >= 4 is 43.0 Å². The highest BCUT2D eigenvalue weighted by Gasteiger charge is 2.18. The van der Waals surface area contributed by atoms with Gasteiger partial charge < -0.3 is 5.32 Å². The molecule has 0 bridgehead atoms. The summed E-state index contributed by atoms with van der Waals surface area (Å²) in [7, 11) is -7.56. The van der Waals surface area contributed by atoms with Crippen molar-refractivity contribution in [3.05, 3.63) is 84.2 Å². The summed E-state index contributed by atoms with van der Waals surface area (Å²) in [6, 6.07) is 16.7. The van der Waals surface area contributed by atoms with E-state index in [9.17, 15) is 26.0 Å². The van der Waals surface area contributed by atoms with Gasteiger partial charge in [0.1, 0.15) is 5.82 Å². The maximum absolute atomic E-state index is 13.8. The van der Waals surface area contributed by atoms with Crippen LogP contribution in [0.25, 0.3) is 0 Å². The number of amides is 1. The summed E-state index contributed by atoms with van der Waals surface area (Å²) in [4.78, 5) is 12.4. The summed E-state index contributed by atoms with van der Waals surface area (Å²) in [5.41, 5.74) is 0.603. The van der Waals surface area contributed by atoms with E-state index >= 15 is 0 Å². The molecule has 33 heavy (non-hydrogen) atoms. The molecule has 0 saturated heterocycles. The molecule has 11 heteroatoms. The van der Waals surface area contributed by atoms with Crippen LogP contribution >= 0.6 is 0 Å². The van der Waals surface area contributed by atoms with Crippen LogP contribution in [0.15, 0.2) is 77.7 Å². The molecular weight excluding hydrogens is 469 g/mol. The SMILES string of the molecule is CCCS(=O)(=O)Nc1ccc(NC(=O)c2cccc(S(=O)(=O)Nc3ccccc3F)c2)cc1. The number of rotatable bonds is 9. The van der Waals surface area contributed by atoms with Gasteiger partial charge in [-0.1, -0.05) is 25.1 Å². The van der Waals surface area contributed by atoms with Crippen LogP contribution in [0.2, 0.25) is 0 Å². The Kier molecular flexibility index (Phi) is 7.34. The zero-order chi connectivity index (χ0) is 24.1. The Morgan fingerprint density at radius 3 is 2.18 bits per heavy atom. The second-order valence-electron chi connectivity index (χ2n) is 7.07. The van der Waals surface area contributed by atoms with Crippen molar-refractivity contribution in [3.63, 3.8) is 0 Å². The molecule has 0 aliphatic rings. The third-order valence-corrected chi connectivity index (χ3v) is 7.27. The maximum Gasteiger partial charge on any atom is 0.262 e. The summed E-state index contributed by atoms with van der Waals surface area (Å²) < 4.78 is 67.3. The van der Waals surface area contributed by atoms with Gasteiger partial charge in [-0.2, -0.15) is 0 Å². The first kappa shape index (κ1) is 24.2. The van der Waals surface area contributed by atoms with Crippen molar-refractivity contribution in [3.8, 4) is 0 Å². The van der Waals surface area contributed by atoms with E-state index in [1.807, 2.05) is 0 Å². The van der Waals surface area contributed by atoms with Gasteiger partial charge in [-0.15, -0.1) is 0 Å². The molecule has 0 aromatic heterocycles. The Bertz CT molecular complexity index is 1360. The van der Waals surface area contributed by atoms with Crippen LogP contribution < -0.4 is 14.8 Å². The second-order valence-corrected chi connectivity index (χ2v) is 10.6. The van der Waals surface area contributed by atoms with Crippen LogP contribution in [0.1, 0.15) is 23.7 Å². The van der Waals surface area contributed by atoms with Crippen molar-refractivity contribution in [1.82, 2.24) is 0 Å². The van der Waals surface area contributed by atoms with Gasteiger partial charge in [0.2, 0.25) is 10.0 Å². The predicted molar refractivity (Wildman–Crippen MR) is 126 cm³/mol. The minimum absolute atomic E-state index is 0.00347. The quantitative estimate of drug-likeness (QED) is 0.417. The highest BCUT2D eigenvalue weighted by atomic mass is 32.2. The number of hydrogen-bond acceptors (Lipinski definition) is 5. The van der Waals surface area contributed by atoms with Gasteiger partial charge in [0, 0.05) is 16.9 Å². The normalized spacial score (nSPS) is 11.6. The average Bonchev–Trinajstić information content (AvgIpc) is 2.76. The van der Waals surface area contributed by atoms with E-state index in [1.54, 1.807) is 6.92 Å². The Morgan fingerprint density at radius 2 is 1.52 bits per heavy atom. The number of carbonyl (C=O) groups is 1. The molecule has 0 fully saturated rings. The van der Waals surface area contributed by atoms with Crippen molar-refractivity contribution in [1.29, 1.82) is 0 Å². The largest absolute Gasteiger partial charge is 0.322 e. The third-order valence-electron chi connectivity index (χ3n) is 4.41. The number of sulfonamides is 2. The van der Waals surface area contributed by atoms with Crippen LogP contribution in [0.3, 0.4) is 0 Å². The van der Waals surface area contributed by atoms with Crippen molar-refractivity contribution < 1.29 is 26.0 Å². The lowest BCUT2D eigenvalue weighted by atomic mass is 10.2. The smallest absolute Gasteiger partial charge is 0.262 e. The first-order chi connectivity index (χ1) is 15.6. The number of benzene rings is 3. The molecule has 3 aromatic carbocycles. The van der Waals surface area contributed by atoms with E-state index in [0.717, 1.165) is 6.07 Å². The lowest BCUT2D eigenvalue weighted by Gasteiger charge is -2.11. The Hall–Kier alpha value is -3.44. The van der Waals surface area contributed by atoms with Crippen LogP contribution in [-0.2, 0) is 20.0 Å². The molecule has 0 saturated carbocycles. The molecule has 0 aliphatic heterocycles. The highest BCUT2D eigenvalue weighted by Crippen LogP contribution is 2.21. The molecule has 3 aromatic rings. The topological polar surface area (TPSA) is 121 Å². The summed E-state index contributed by atoms with van der Waals surface area (Å²) in [6.45, 7) is 1.76. The fraction of sp³-hybridized carbons (Fsp3) is 0.136. The van der Waals surface area contributed by atoms with E-state index in [1.165, 1.54) is 66.7 Å². The Balaban J connectivity index is 1.72. The van der Waals surface area contributed by atoms with E-state index in [0.29, 0.717) is 17.8 Å². The summed E-state index contributed by atoms with van der Waals surface area (Å²) in [5.74, 6) is -1.30. The van der Waals surface area contributed by atoms with E-state index < -0.39 is 31.8 Å². The molecule has 1 amide bonds. The molecule has 3 rings (SSSR count). The first-order valence-electron chi connectivity index (χ1n) is 9.89. The molecule has 0 unspecified atom stereocenters. The second kappa shape index (κ2) is 10.0. The minimum Gasteiger partial charge on any atom is -0.322 e. The molecule has 0 aliphatic carbocycles. The lowest BCUT2D eigenvalue weighted by Crippen LogP contribution is -2.17. The molecule has 8 nitrogen and oxygen atoms in total. The number of nitrogens with one attached hydrogen (secondary N) is 3. The highest BCUT2D eigenvalue weighted by molar-refractivity contribution is 7.93. The first-order valence-corrected chi connectivity index (χ1v) is 13.0. The van der Waals surface area contributed by atoms with Crippen LogP contribution in [0.5, 0.6) is 0 Å². The van der Waals surface area contributed by atoms with Crippen molar-refractivity contribution in [2.45, 2.75) is 18.2 Å². The lowest BCUT2D eigenvalue weighted by molar-refractivity contribution is 0.102. The standard InChI is InChI=1S/C22H22FN3O5S2/c1-2-14-32(28,29)25-18-12-10-17(11-13-18)24-22(27)16-6-5-7-19(15-16)33(30,31)26-21-9-4-3-8-20(21)23/h3-13,15,25-26H,2,14H2,1H3,(H,24,27). The Labute approximate surface area is 192 Å². The number of carbonyl (C=O) groups excluding carboxylic acids is 1. The molecule has 0 spiro atoms. The Morgan fingerprint density at radius 1 is 0.848 bits per heavy atom. The van der Waals surface area contributed by atoms with Crippen LogP contribution in [0.4, 0.5) is 21.5 Å². The van der Waals surface area contributed by atoms with Crippen molar-refractivity contribution in [2.75, 3.05) is 20.5 Å². The fourth-order valence-electron chi connectivity index (χ4n) is 2.88. The fourth-order valence-corrected chi connectivity index (χ4v) is 5.12. The van der Waals surface area contributed by atoms with Crippen molar-refractivity contribution in [2.24, 2.45) is 0 Å². The molecule has 0 radical (unpaired) electrons. The molecule has 3 N–H and O–H groups in total. The molecule has 0 atom stereocenters. The number of para-hydroxylation sites is 1. The minimum atomic E-state index is -4.13. The van der Waals surface area contributed by atoms with Gasteiger partial charge in [-0.3, -0.25) is 14.2 Å². The summed E-state index contributed by atoms with van der Waals surface area (Å²) in [5, 5.41) is 2.62. The number of anilines is 3. The van der Waals surface area contributed by atoms with E-state index in [4.69, 9.17) is 0 Å². The van der Waals surface area contributed by atoms with Gasteiger partial charge in [0.05, 0.1) is 16.3 Å². The van der Waals surface area contributed by atoms with Gasteiger partial charge in [-0.25, -0.2) is 21.2 Å². The van der Waals surface area contributed by atoms with Crippen LogP contribution in [0, 0.1) is 5.82 Å². The maximum atomic E-state index is 13.8. The number of hydrogen-bond donors (Lipinski definition) is 3. The monoisotopic (exact) mass is 491 g/mol. The summed E-state index contributed by atoms with van der Waals surface area (Å²) in [6.07, 6.45) is 0.480. The average molecular weight is 492 g/mol. The van der Waals surface area contributed by atoms with Gasteiger partial charge in [0.15, 0.2) is 0 Å².